The Labute approximate surface area is 191 Å². The van der Waals surface area contributed by atoms with E-state index in [9.17, 15) is 4.79 Å². The van der Waals surface area contributed by atoms with Crippen LogP contribution in [0.1, 0.15) is 157 Å². The maximum Gasteiger partial charge on any atom is 0.138 e. The molecule has 0 N–H and O–H groups in total. The van der Waals surface area contributed by atoms with Crippen molar-refractivity contribution >= 4 is 5.78 Å². The van der Waals surface area contributed by atoms with E-state index in [0.29, 0.717) is 5.78 Å². The molecule has 0 bridgehead atoms. The fourth-order valence-electron chi connectivity index (χ4n) is 5.18. The van der Waals surface area contributed by atoms with Gasteiger partial charge in [0.1, 0.15) is 5.78 Å². The summed E-state index contributed by atoms with van der Waals surface area (Å²) in [4.78, 5) is 13.2. The van der Waals surface area contributed by atoms with Crippen LogP contribution in [-0.2, 0) is 4.79 Å². The second-order valence-corrected chi connectivity index (χ2v) is 10.4. The number of hydrogen-bond donors (Lipinski definition) is 0. The van der Waals surface area contributed by atoms with Crippen molar-refractivity contribution in [1.82, 2.24) is 0 Å². The Balaban J connectivity index is 4.61. The minimum atomic E-state index is 0.250. The Morgan fingerprint density at radius 3 is 1.17 bits per heavy atom. The lowest BCUT2D eigenvalue weighted by Crippen LogP contribution is -2.24. The quantitative estimate of drug-likeness (QED) is 0.159. The molecule has 4 atom stereocenters. The van der Waals surface area contributed by atoms with Crippen molar-refractivity contribution < 1.29 is 4.79 Å². The minimum absolute atomic E-state index is 0.250. The number of hydrogen-bond acceptors (Lipinski definition) is 1. The van der Waals surface area contributed by atoms with Crippen molar-refractivity contribution in [2.45, 2.75) is 157 Å². The van der Waals surface area contributed by atoms with E-state index in [1.807, 2.05) is 0 Å². The minimum Gasteiger partial charge on any atom is -0.299 e. The maximum atomic E-state index is 13.2. The molecule has 0 aromatic heterocycles. The summed E-state index contributed by atoms with van der Waals surface area (Å²) in [7, 11) is 0. The van der Waals surface area contributed by atoms with Gasteiger partial charge in [0.25, 0.3) is 0 Å². The molecule has 0 aromatic rings. The summed E-state index contributed by atoms with van der Waals surface area (Å²) in [6, 6.07) is 0. The van der Waals surface area contributed by atoms with Gasteiger partial charge in [0, 0.05) is 11.8 Å². The summed E-state index contributed by atoms with van der Waals surface area (Å²) in [5, 5.41) is 0. The van der Waals surface area contributed by atoms with Gasteiger partial charge in [0.15, 0.2) is 0 Å². The molecule has 0 aromatic carbocycles. The second kappa shape index (κ2) is 20.6. The number of ketones is 1. The average Bonchev–Trinajstić information content (AvgIpc) is 2.74. The van der Waals surface area contributed by atoms with E-state index < -0.39 is 0 Å². The van der Waals surface area contributed by atoms with E-state index >= 15 is 0 Å². The highest BCUT2D eigenvalue weighted by Gasteiger charge is 2.25. The number of Topliss-reactive ketones (excluding diaryl/α,β-unsaturated/α-hetero) is 1. The number of unbranched alkanes of at least 4 members (excludes halogenated alkanes) is 8. The fourth-order valence-corrected chi connectivity index (χ4v) is 5.18. The van der Waals surface area contributed by atoms with Crippen LogP contribution < -0.4 is 0 Å². The second-order valence-electron chi connectivity index (χ2n) is 10.4. The van der Waals surface area contributed by atoms with Gasteiger partial charge in [0.05, 0.1) is 0 Å². The molecule has 0 aliphatic carbocycles. The molecule has 30 heavy (non-hydrogen) atoms. The van der Waals surface area contributed by atoms with Crippen LogP contribution in [0.2, 0.25) is 0 Å². The Morgan fingerprint density at radius 2 is 0.833 bits per heavy atom. The predicted molar refractivity (Wildman–Crippen MR) is 136 cm³/mol. The van der Waals surface area contributed by atoms with E-state index in [4.69, 9.17) is 0 Å². The van der Waals surface area contributed by atoms with E-state index in [1.54, 1.807) is 0 Å². The highest BCUT2D eigenvalue weighted by atomic mass is 16.1. The molecule has 0 saturated heterocycles. The van der Waals surface area contributed by atoms with Crippen molar-refractivity contribution in [3.8, 4) is 0 Å². The summed E-state index contributed by atoms with van der Waals surface area (Å²) >= 11 is 0. The van der Waals surface area contributed by atoms with Crippen LogP contribution in [0.4, 0.5) is 0 Å². The van der Waals surface area contributed by atoms with Crippen molar-refractivity contribution in [3.63, 3.8) is 0 Å². The van der Waals surface area contributed by atoms with Gasteiger partial charge in [-0.15, -0.1) is 0 Å². The van der Waals surface area contributed by atoms with Gasteiger partial charge in [0.2, 0.25) is 0 Å². The van der Waals surface area contributed by atoms with Gasteiger partial charge in [-0.05, 0) is 24.7 Å². The number of carbonyl (C=O) groups is 1. The first kappa shape index (κ1) is 29.7. The molecule has 0 spiro atoms. The van der Waals surface area contributed by atoms with E-state index in [-0.39, 0.29) is 11.8 Å². The topological polar surface area (TPSA) is 17.1 Å². The third kappa shape index (κ3) is 15.5. The molecule has 0 rings (SSSR count). The number of carbonyl (C=O) groups excluding carboxylic acids is 1. The fraction of sp³-hybridized carbons (Fsp3) is 0.966. The summed E-state index contributed by atoms with van der Waals surface area (Å²) < 4.78 is 0. The maximum absolute atomic E-state index is 13.2. The largest absolute Gasteiger partial charge is 0.299 e. The first-order valence-electron chi connectivity index (χ1n) is 14.0. The standard InChI is InChI=1S/C29H58O/c1-7-11-15-17-21-27(19-13-9-3)23-25(5)29(30)26(6)24-28(20-14-10-4)22-18-16-12-8-2/h25-28H,7-24H2,1-6H3. The lowest BCUT2D eigenvalue weighted by Gasteiger charge is -2.25. The number of rotatable bonds is 22. The Kier molecular flexibility index (Phi) is 20.3. The zero-order valence-corrected chi connectivity index (χ0v) is 21.9. The summed E-state index contributed by atoms with van der Waals surface area (Å²) in [5.41, 5.74) is 0. The van der Waals surface area contributed by atoms with Crippen LogP contribution in [0.25, 0.3) is 0 Å². The molecule has 0 amide bonds. The van der Waals surface area contributed by atoms with Gasteiger partial charge >= 0.3 is 0 Å². The van der Waals surface area contributed by atoms with Gasteiger partial charge in [-0.1, -0.05) is 144 Å². The molecule has 1 nitrogen and oxygen atoms in total. The monoisotopic (exact) mass is 422 g/mol. The first-order chi connectivity index (χ1) is 14.5. The normalized spacial score (nSPS) is 15.7. The zero-order valence-electron chi connectivity index (χ0n) is 21.9. The Morgan fingerprint density at radius 1 is 0.500 bits per heavy atom. The van der Waals surface area contributed by atoms with E-state index in [2.05, 4.69) is 41.5 Å². The van der Waals surface area contributed by atoms with Crippen LogP contribution in [0.3, 0.4) is 0 Å². The van der Waals surface area contributed by atoms with E-state index in [0.717, 1.165) is 24.7 Å². The smallest absolute Gasteiger partial charge is 0.138 e. The van der Waals surface area contributed by atoms with Crippen molar-refractivity contribution in [2.24, 2.45) is 23.7 Å². The van der Waals surface area contributed by atoms with Crippen molar-refractivity contribution in [2.75, 3.05) is 0 Å². The third-order valence-corrected chi connectivity index (χ3v) is 7.21. The van der Waals surface area contributed by atoms with Crippen LogP contribution >= 0.6 is 0 Å². The molecule has 0 radical (unpaired) electrons. The van der Waals surface area contributed by atoms with Crippen molar-refractivity contribution in [1.29, 1.82) is 0 Å². The lowest BCUT2D eigenvalue weighted by molar-refractivity contribution is -0.127. The molecule has 4 unspecified atom stereocenters. The third-order valence-electron chi connectivity index (χ3n) is 7.21. The lowest BCUT2D eigenvalue weighted by atomic mass is 9.79. The highest BCUT2D eigenvalue weighted by Crippen LogP contribution is 2.30. The first-order valence-corrected chi connectivity index (χ1v) is 14.0. The summed E-state index contributed by atoms with van der Waals surface area (Å²) in [6.45, 7) is 13.6. The summed E-state index contributed by atoms with van der Waals surface area (Å²) in [5.74, 6) is 2.58. The van der Waals surface area contributed by atoms with Gasteiger partial charge < -0.3 is 0 Å². The Hall–Kier alpha value is -0.330. The van der Waals surface area contributed by atoms with Crippen molar-refractivity contribution in [3.05, 3.63) is 0 Å². The van der Waals surface area contributed by atoms with Gasteiger partial charge in [-0.25, -0.2) is 0 Å². The predicted octanol–water partition coefficient (Wildman–Crippen LogP) is 10.2. The van der Waals surface area contributed by atoms with Crippen LogP contribution in [-0.4, -0.2) is 5.78 Å². The highest BCUT2D eigenvalue weighted by molar-refractivity contribution is 5.82. The van der Waals surface area contributed by atoms with Crippen LogP contribution in [0, 0.1) is 23.7 Å². The van der Waals surface area contributed by atoms with E-state index in [1.165, 1.54) is 103 Å². The van der Waals surface area contributed by atoms with Crippen LogP contribution in [0.15, 0.2) is 0 Å². The SMILES string of the molecule is CCCCCCC(CCCC)CC(C)C(=O)C(C)CC(CCCC)CCCCCC. The van der Waals surface area contributed by atoms with Gasteiger partial charge in [-0.3, -0.25) is 4.79 Å². The molecule has 0 aliphatic rings. The molecule has 1 heteroatoms. The average molecular weight is 423 g/mol. The molecule has 0 aliphatic heterocycles. The molecule has 0 fully saturated rings. The zero-order chi connectivity index (χ0) is 22.6. The molecule has 0 saturated carbocycles. The molecular formula is C29H58O. The molecule has 180 valence electrons. The van der Waals surface area contributed by atoms with Crippen LogP contribution in [0.5, 0.6) is 0 Å². The Bertz CT molecular complexity index is 341. The van der Waals surface area contributed by atoms with Gasteiger partial charge in [-0.2, -0.15) is 0 Å². The molecular weight excluding hydrogens is 364 g/mol. The molecule has 0 heterocycles. The summed E-state index contributed by atoms with van der Waals surface area (Å²) in [6.07, 6.45) is 23.6.